The molecule has 0 saturated heterocycles. The highest BCUT2D eigenvalue weighted by atomic mass is 16.1. The Morgan fingerprint density at radius 2 is 1.14 bits per heavy atom. The van der Waals surface area contributed by atoms with E-state index in [-0.39, 0.29) is 11.9 Å². The molecule has 0 aromatic carbocycles. The van der Waals surface area contributed by atoms with Crippen LogP contribution in [-0.4, -0.2) is 18.5 Å². The fourth-order valence-electron chi connectivity index (χ4n) is 2.26. The molecule has 1 amide bonds. The number of nitrogens with two attached hydrogens (primary N) is 1. The zero-order chi connectivity index (χ0) is 20.7. The standard InChI is InChI=1S/C25H40N2O/c1-3-4-5-6-7-8-9-10-11-12-13-14-15-16-17-18-19-20-21-22-25(28)27-24(2)23-26/h4-5,7-8,10-11,13-14,16-17,19-20,24H,3,6,9,12,15,18,21-23,26H2,1-2H3,(H,27,28). The van der Waals surface area contributed by atoms with Gasteiger partial charge in [-0.05, 0) is 51.9 Å². The first kappa shape index (κ1) is 25.9. The molecule has 3 heteroatoms. The Kier molecular flexibility index (Phi) is 19.6. The Hall–Kier alpha value is -2.13. The van der Waals surface area contributed by atoms with Gasteiger partial charge in [-0.3, -0.25) is 4.79 Å². The molecule has 0 aliphatic rings. The second kappa shape index (κ2) is 21.2. The molecule has 3 N–H and O–H groups in total. The van der Waals surface area contributed by atoms with Crippen LogP contribution in [0.15, 0.2) is 72.9 Å². The molecule has 0 fully saturated rings. The van der Waals surface area contributed by atoms with Crippen molar-refractivity contribution in [1.82, 2.24) is 5.32 Å². The number of carbonyl (C=O) groups excluding carboxylic acids is 1. The lowest BCUT2D eigenvalue weighted by molar-refractivity contribution is -0.121. The normalized spacial score (nSPS) is 14.0. The Balaban J connectivity index is 3.59. The Labute approximate surface area is 172 Å². The van der Waals surface area contributed by atoms with Gasteiger partial charge in [-0.25, -0.2) is 0 Å². The zero-order valence-corrected chi connectivity index (χ0v) is 17.9. The third-order valence-electron chi connectivity index (χ3n) is 3.90. The molecule has 0 aliphatic heterocycles. The van der Waals surface area contributed by atoms with Crippen LogP contribution in [0.2, 0.25) is 0 Å². The molecule has 0 aromatic rings. The van der Waals surface area contributed by atoms with Crippen LogP contribution < -0.4 is 11.1 Å². The maximum Gasteiger partial charge on any atom is 0.220 e. The first-order valence-corrected chi connectivity index (χ1v) is 10.6. The largest absolute Gasteiger partial charge is 0.352 e. The van der Waals surface area contributed by atoms with Crippen molar-refractivity contribution in [2.75, 3.05) is 6.54 Å². The molecular weight excluding hydrogens is 344 g/mol. The van der Waals surface area contributed by atoms with Crippen LogP contribution in [0.1, 0.15) is 65.2 Å². The number of nitrogens with one attached hydrogen (secondary N) is 1. The average Bonchev–Trinajstić information content (AvgIpc) is 2.69. The van der Waals surface area contributed by atoms with Crippen molar-refractivity contribution < 1.29 is 4.79 Å². The number of rotatable bonds is 16. The maximum atomic E-state index is 11.6. The van der Waals surface area contributed by atoms with E-state index in [0.29, 0.717) is 13.0 Å². The van der Waals surface area contributed by atoms with Gasteiger partial charge in [-0.1, -0.05) is 79.8 Å². The summed E-state index contributed by atoms with van der Waals surface area (Å²) in [6.45, 7) is 4.54. The van der Waals surface area contributed by atoms with Crippen LogP contribution in [0.25, 0.3) is 0 Å². The van der Waals surface area contributed by atoms with Crippen LogP contribution in [0, 0.1) is 0 Å². The SMILES string of the molecule is CCC=CCC=CCC=CCC=CCC=CCC=CCCC(=O)NC(C)CN. The van der Waals surface area contributed by atoms with Gasteiger partial charge < -0.3 is 11.1 Å². The fraction of sp³-hybridized carbons (Fsp3) is 0.480. The van der Waals surface area contributed by atoms with E-state index in [1.807, 2.05) is 6.92 Å². The molecule has 3 nitrogen and oxygen atoms in total. The first-order valence-electron chi connectivity index (χ1n) is 10.6. The predicted octanol–water partition coefficient (Wildman–Crippen LogP) is 5.93. The van der Waals surface area contributed by atoms with Crippen molar-refractivity contribution in [3.05, 3.63) is 72.9 Å². The second-order valence-electron chi connectivity index (χ2n) is 6.66. The van der Waals surface area contributed by atoms with Gasteiger partial charge in [0.15, 0.2) is 0 Å². The molecule has 0 aromatic heterocycles. The van der Waals surface area contributed by atoms with Gasteiger partial charge >= 0.3 is 0 Å². The highest BCUT2D eigenvalue weighted by Gasteiger charge is 2.03. The molecule has 1 unspecified atom stereocenters. The van der Waals surface area contributed by atoms with E-state index < -0.39 is 0 Å². The van der Waals surface area contributed by atoms with Crippen molar-refractivity contribution in [3.8, 4) is 0 Å². The van der Waals surface area contributed by atoms with Gasteiger partial charge in [-0.2, -0.15) is 0 Å². The first-order chi connectivity index (χ1) is 13.7. The summed E-state index contributed by atoms with van der Waals surface area (Å²) < 4.78 is 0. The smallest absolute Gasteiger partial charge is 0.220 e. The average molecular weight is 385 g/mol. The third kappa shape index (κ3) is 20.2. The summed E-state index contributed by atoms with van der Waals surface area (Å²) >= 11 is 0. The van der Waals surface area contributed by atoms with E-state index in [1.54, 1.807) is 0 Å². The van der Waals surface area contributed by atoms with Crippen LogP contribution >= 0.6 is 0 Å². The quantitative estimate of drug-likeness (QED) is 0.324. The minimum Gasteiger partial charge on any atom is -0.352 e. The van der Waals surface area contributed by atoms with Gasteiger partial charge in [0, 0.05) is 19.0 Å². The van der Waals surface area contributed by atoms with Crippen LogP contribution in [0.5, 0.6) is 0 Å². The summed E-state index contributed by atoms with van der Waals surface area (Å²) in [5.74, 6) is 0.0671. The van der Waals surface area contributed by atoms with E-state index in [1.165, 1.54) is 0 Å². The number of hydrogen-bond donors (Lipinski definition) is 2. The summed E-state index contributed by atoms with van der Waals surface area (Å²) in [5.41, 5.74) is 5.47. The van der Waals surface area contributed by atoms with Crippen LogP contribution in [0.3, 0.4) is 0 Å². The maximum absolute atomic E-state index is 11.6. The van der Waals surface area contributed by atoms with Crippen molar-refractivity contribution in [1.29, 1.82) is 0 Å². The lowest BCUT2D eigenvalue weighted by Gasteiger charge is -2.09. The van der Waals surface area contributed by atoms with Crippen molar-refractivity contribution >= 4 is 5.91 Å². The number of carbonyl (C=O) groups is 1. The minimum atomic E-state index is 0.0535. The van der Waals surface area contributed by atoms with Crippen molar-refractivity contribution in [2.45, 2.75) is 71.3 Å². The molecule has 0 saturated carbocycles. The lowest BCUT2D eigenvalue weighted by Crippen LogP contribution is -2.37. The zero-order valence-electron chi connectivity index (χ0n) is 17.9. The molecule has 0 bridgehead atoms. The predicted molar refractivity (Wildman–Crippen MR) is 124 cm³/mol. The molecule has 1 atom stereocenters. The molecular formula is C25H40N2O. The van der Waals surface area contributed by atoms with Gasteiger partial charge in [0.25, 0.3) is 0 Å². The highest BCUT2D eigenvalue weighted by molar-refractivity contribution is 5.76. The molecule has 0 radical (unpaired) electrons. The minimum absolute atomic E-state index is 0.0535. The van der Waals surface area contributed by atoms with Gasteiger partial charge in [0.2, 0.25) is 5.91 Å². The van der Waals surface area contributed by atoms with Crippen LogP contribution in [-0.2, 0) is 4.79 Å². The van der Waals surface area contributed by atoms with Gasteiger partial charge in [0.05, 0.1) is 0 Å². The van der Waals surface area contributed by atoms with Crippen LogP contribution in [0.4, 0.5) is 0 Å². The summed E-state index contributed by atoms with van der Waals surface area (Å²) in [7, 11) is 0. The molecule has 0 aliphatic carbocycles. The van der Waals surface area contributed by atoms with E-state index in [9.17, 15) is 4.79 Å². The molecule has 156 valence electrons. The third-order valence-corrected chi connectivity index (χ3v) is 3.90. The van der Waals surface area contributed by atoms with Crippen molar-refractivity contribution in [2.24, 2.45) is 5.73 Å². The molecule has 28 heavy (non-hydrogen) atoms. The van der Waals surface area contributed by atoms with E-state index in [2.05, 4.69) is 85.2 Å². The Morgan fingerprint density at radius 3 is 1.54 bits per heavy atom. The molecule has 0 rings (SSSR count). The monoisotopic (exact) mass is 384 g/mol. The van der Waals surface area contributed by atoms with E-state index >= 15 is 0 Å². The second-order valence-corrected chi connectivity index (χ2v) is 6.66. The molecule has 0 spiro atoms. The summed E-state index contributed by atoms with van der Waals surface area (Å²) in [6, 6.07) is 0.0535. The summed E-state index contributed by atoms with van der Waals surface area (Å²) in [4.78, 5) is 11.6. The summed E-state index contributed by atoms with van der Waals surface area (Å²) in [5, 5.41) is 2.86. The fourth-order valence-corrected chi connectivity index (χ4v) is 2.26. The van der Waals surface area contributed by atoms with Gasteiger partial charge in [0.1, 0.15) is 0 Å². The lowest BCUT2D eigenvalue weighted by atomic mass is 10.2. The highest BCUT2D eigenvalue weighted by Crippen LogP contribution is 1.98. The number of amides is 1. The topological polar surface area (TPSA) is 55.1 Å². The van der Waals surface area contributed by atoms with E-state index in [4.69, 9.17) is 5.73 Å². The van der Waals surface area contributed by atoms with Gasteiger partial charge in [-0.15, -0.1) is 0 Å². The Bertz CT molecular complexity index is 539. The van der Waals surface area contributed by atoms with Crippen molar-refractivity contribution in [3.63, 3.8) is 0 Å². The van der Waals surface area contributed by atoms with E-state index in [0.717, 1.165) is 44.9 Å². The summed E-state index contributed by atoms with van der Waals surface area (Å²) in [6.07, 6.45) is 33.4. The Morgan fingerprint density at radius 1 is 0.750 bits per heavy atom. The number of allylic oxidation sites excluding steroid dienone is 12. The number of hydrogen-bond acceptors (Lipinski definition) is 2. The molecule has 0 heterocycles.